The van der Waals surface area contributed by atoms with Crippen LogP contribution in [0.15, 0.2) is 77.4 Å². The van der Waals surface area contributed by atoms with E-state index in [4.69, 9.17) is 14.0 Å². The third-order valence-electron chi connectivity index (χ3n) is 5.60. The van der Waals surface area contributed by atoms with Gasteiger partial charge in [-0.15, -0.1) is 0 Å². The van der Waals surface area contributed by atoms with Gasteiger partial charge in [0.1, 0.15) is 17.7 Å². The first-order chi connectivity index (χ1) is 15.6. The van der Waals surface area contributed by atoms with Crippen LogP contribution in [-0.2, 0) is 19.2 Å². The van der Waals surface area contributed by atoms with Crippen molar-refractivity contribution >= 4 is 29.2 Å². The topological polar surface area (TPSA) is 89.3 Å². The van der Waals surface area contributed by atoms with E-state index >= 15 is 0 Å². The number of esters is 1. The summed E-state index contributed by atoms with van der Waals surface area (Å²) in [6.07, 6.45) is 0.543. The molecular weight excluding hydrogens is 412 g/mol. The molecule has 2 aliphatic heterocycles. The maximum atomic E-state index is 13.5. The first kappa shape index (κ1) is 20.0. The Bertz CT molecular complexity index is 1140. The number of carbonyl (C=O) groups excluding carboxylic acids is 3. The number of ether oxygens (including phenoxy) is 1. The Kier molecular flexibility index (Phi) is 4.99. The first-order valence-electron chi connectivity index (χ1n) is 10.3. The van der Waals surface area contributed by atoms with Crippen molar-refractivity contribution in [2.45, 2.75) is 19.1 Å². The van der Waals surface area contributed by atoms with Crippen LogP contribution in [0.5, 0.6) is 0 Å². The molecule has 8 heteroatoms. The van der Waals surface area contributed by atoms with Crippen LogP contribution in [0.4, 0.5) is 11.4 Å². The fourth-order valence-corrected chi connectivity index (χ4v) is 4.18. The van der Waals surface area contributed by atoms with Gasteiger partial charge in [-0.2, -0.15) is 0 Å². The number of benzene rings is 2. The molecule has 0 bridgehead atoms. The fourth-order valence-electron chi connectivity index (χ4n) is 4.18. The number of hydrogen-bond donors (Lipinski definition) is 0. The second-order valence-corrected chi connectivity index (χ2v) is 7.45. The average Bonchev–Trinajstić information content (AvgIpc) is 3.52. The molecule has 0 N–H and O–H groups in total. The Morgan fingerprint density at radius 2 is 1.69 bits per heavy atom. The third kappa shape index (κ3) is 3.16. The summed E-state index contributed by atoms with van der Waals surface area (Å²) in [5.74, 6) is -1.56. The quantitative estimate of drug-likeness (QED) is 0.450. The number of hydroxylamine groups is 1. The number of hydrogen-bond acceptors (Lipinski definition) is 7. The van der Waals surface area contributed by atoms with Gasteiger partial charge >= 0.3 is 5.97 Å². The lowest BCUT2D eigenvalue weighted by Gasteiger charge is -2.27. The minimum absolute atomic E-state index is 0.260. The van der Waals surface area contributed by atoms with E-state index in [9.17, 15) is 14.4 Å². The molecule has 0 radical (unpaired) electrons. The summed E-state index contributed by atoms with van der Waals surface area (Å²) in [4.78, 5) is 45.8. The van der Waals surface area contributed by atoms with Crippen LogP contribution in [0.25, 0.3) is 0 Å². The van der Waals surface area contributed by atoms with Gasteiger partial charge in [-0.05, 0) is 55.5 Å². The SMILES string of the molecule is CCOC(=O)c1ccc(N2C(=O)[C@@H]3[C@H](ON(c4ccccc4)[C@H]3c3ccco3)C2=O)cc1. The van der Waals surface area contributed by atoms with E-state index in [1.54, 1.807) is 36.3 Å². The molecule has 0 saturated carbocycles. The molecule has 5 rings (SSSR count). The Balaban J connectivity index is 1.48. The molecule has 1 aromatic heterocycles. The van der Waals surface area contributed by atoms with Crippen LogP contribution in [0.1, 0.15) is 29.1 Å². The van der Waals surface area contributed by atoms with E-state index in [0.29, 0.717) is 22.7 Å². The van der Waals surface area contributed by atoms with Crippen LogP contribution in [0, 0.1) is 5.92 Å². The summed E-state index contributed by atoms with van der Waals surface area (Å²) < 4.78 is 10.6. The molecule has 0 aliphatic carbocycles. The molecule has 3 aromatic rings. The zero-order valence-corrected chi connectivity index (χ0v) is 17.2. The zero-order valence-electron chi connectivity index (χ0n) is 17.2. The van der Waals surface area contributed by atoms with Crippen molar-refractivity contribution in [2.24, 2.45) is 5.92 Å². The molecule has 3 heterocycles. The number of furan rings is 1. The maximum Gasteiger partial charge on any atom is 0.338 e. The summed E-state index contributed by atoms with van der Waals surface area (Å²) in [5, 5.41) is 1.57. The van der Waals surface area contributed by atoms with Gasteiger partial charge in [0, 0.05) is 0 Å². The smallest absolute Gasteiger partial charge is 0.338 e. The molecule has 3 atom stereocenters. The van der Waals surface area contributed by atoms with Gasteiger partial charge in [-0.1, -0.05) is 18.2 Å². The highest BCUT2D eigenvalue weighted by Gasteiger charge is 2.61. The lowest BCUT2D eigenvalue weighted by molar-refractivity contribution is -0.126. The van der Waals surface area contributed by atoms with Crippen LogP contribution >= 0.6 is 0 Å². The van der Waals surface area contributed by atoms with E-state index in [0.717, 1.165) is 4.90 Å². The first-order valence-corrected chi connectivity index (χ1v) is 10.3. The second kappa shape index (κ2) is 7.97. The van der Waals surface area contributed by atoms with E-state index < -0.39 is 29.9 Å². The number of nitrogens with zero attached hydrogens (tertiary/aromatic N) is 2. The third-order valence-corrected chi connectivity index (χ3v) is 5.60. The highest BCUT2D eigenvalue weighted by Crippen LogP contribution is 2.47. The van der Waals surface area contributed by atoms with E-state index in [1.807, 2.05) is 30.3 Å². The predicted molar refractivity (Wildman–Crippen MR) is 114 cm³/mol. The van der Waals surface area contributed by atoms with Crippen molar-refractivity contribution in [2.75, 3.05) is 16.6 Å². The summed E-state index contributed by atoms with van der Waals surface area (Å²) in [5.41, 5.74) is 1.43. The Morgan fingerprint density at radius 3 is 2.34 bits per heavy atom. The molecule has 2 saturated heterocycles. The van der Waals surface area contributed by atoms with E-state index in [2.05, 4.69) is 0 Å². The molecule has 2 aromatic carbocycles. The number of anilines is 2. The highest BCUT2D eigenvalue weighted by atomic mass is 16.7. The lowest BCUT2D eigenvalue weighted by atomic mass is 9.94. The Hall–Kier alpha value is -3.91. The predicted octanol–water partition coefficient (Wildman–Crippen LogP) is 3.51. The normalized spacial score (nSPS) is 22.3. The second-order valence-electron chi connectivity index (χ2n) is 7.45. The van der Waals surface area contributed by atoms with Gasteiger partial charge in [-0.25, -0.2) is 14.8 Å². The molecule has 2 fully saturated rings. The monoisotopic (exact) mass is 432 g/mol. The highest BCUT2D eigenvalue weighted by molar-refractivity contribution is 6.24. The number of carbonyl (C=O) groups is 3. The average molecular weight is 432 g/mol. The van der Waals surface area contributed by atoms with Crippen molar-refractivity contribution in [3.8, 4) is 0 Å². The van der Waals surface area contributed by atoms with Gasteiger partial charge in [0.25, 0.3) is 5.91 Å². The lowest BCUT2D eigenvalue weighted by Crippen LogP contribution is -2.37. The van der Waals surface area contributed by atoms with E-state index in [-0.39, 0.29) is 12.5 Å². The van der Waals surface area contributed by atoms with Gasteiger partial charge in [0.05, 0.1) is 29.8 Å². The van der Waals surface area contributed by atoms with Gasteiger partial charge in [-0.3, -0.25) is 14.4 Å². The number of rotatable bonds is 5. The summed E-state index contributed by atoms with van der Waals surface area (Å²) >= 11 is 0. The van der Waals surface area contributed by atoms with Crippen molar-refractivity contribution in [1.29, 1.82) is 0 Å². The maximum absolute atomic E-state index is 13.5. The van der Waals surface area contributed by atoms with Crippen molar-refractivity contribution in [3.63, 3.8) is 0 Å². The Labute approximate surface area is 183 Å². The summed E-state index contributed by atoms with van der Waals surface area (Å²) in [7, 11) is 0. The van der Waals surface area contributed by atoms with Crippen molar-refractivity contribution in [1.82, 2.24) is 0 Å². The number of fused-ring (bicyclic) bond motifs is 1. The minimum atomic E-state index is -0.984. The van der Waals surface area contributed by atoms with Crippen LogP contribution in [-0.4, -0.2) is 30.5 Å². The summed E-state index contributed by atoms with van der Waals surface area (Å²) in [6.45, 7) is 1.98. The van der Waals surface area contributed by atoms with Crippen LogP contribution in [0.2, 0.25) is 0 Å². The zero-order chi connectivity index (χ0) is 22.2. The summed E-state index contributed by atoms with van der Waals surface area (Å²) in [6, 6.07) is 18.3. The number of para-hydroxylation sites is 1. The minimum Gasteiger partial charge on any atom is -0.467 e. The van der Waals surface area contributed by atoms with Crippen molar-refractivity contribution in [3.05, 3.63) is 84.3 Å². The van der Waals surface area contributed by atoms with E-state index in [1.165, 1.54) is 18.4 Å². The number of amides is 2. The number of imide groups is 1. The molecular formula is C24H20N2O6. The van der Waals surface area contributed by atoms with Gasteiger partial charge in [0.2, 0.25) is 5.91 Å². The van der Waals surface area contributed by atoms with Crippen LogP contribution in [0.3, 0.4) is 0 Å². The molecule has 0 spiro atoms. The van der Waals surface area contributed by atoms with Crippen molar-refractivity contribution < 1.29 is 28.4 Å². The standard InChI is InChI=1S/C24H20N2O6/c1-2-30-24(29)15-10-12-16(13-11-15)25-22(27)19-20(18-9-6-14-31-18)26(32-21(19)23(25)28)17-7-4-3-5-8-17/h3-14,19-21H,2H2,1H3/t19-,20-,21-/m0/s1. The van der Waals surface area contributed by atoms with Gasteiger partial charge in [0.15, 0.2) is 6.10 Å². The van der Waals surface area contributed by atoms with Gasteiger partial charge < -0.3 is 9.15 Å². The molecule has 162 valence electrons. The fraction of sp³-hybridized carbons (Fsp3) is 0.208. The molecule has 2 amide bonds. The molecule has 0 unspecified atom stereocenters. The largest absolute Gasteiger partial charge is 0.467 e. The molecule has 2 aliphatic rings. The van der Waals surface area contributed by atoms with Crippen LogP contribution < -0.4 is 9.96 Å². The molecule has 8 nitrogen and oxygen atoms in total. The Morgan fingerprint density at radius 1 is 0.938 bits per heavy atom. The molecule has 32 heavy (non-hydrogen) atoms.